The zero-order valence-electron chi connectivity index (χ0n) is 20.9. The predicted molar refractivity (Wildman–Crippen MR) is 147 cm³/mol. The van der Waals surface area contributed by atoms with Crippen molar-refractivity contribution < 1.29 is 22.7 Å². The van der Waals surface area contributed by atoms with Crippen molar-refractivity contribution in [1.29, 1.82) is 0 Å². The minimum atomic E-state index is -3.97. The minimum absolute atomic E-state index is 0.0922. The lowest BCUT2D eigenvalue weighted by molar-refractivity contribution is -0.122. The van der Waals surface area contributed by atoms with Gasteiger partial charge in [-0.1, -0.05) is 55.5 Å². The second-order valence-electron chi connectivity index (χ2n) is 8.19. The van der Waals surface area contributed by atoms with Gasteiger partial charge < -0.3 is 9.47 Å². The molecule has 0 atom stereocenters. The summed E-state index contributed by atoms with van der Waals surface area (Å²) in [7, 11) is -2.41. The van der Waals surface area contributed by atoms with Crippen LogP contribution in [0.2, 0.25) is 0 Å². The topological polar surface area (TPSA) is 85.3 Å². The first-order valence-electron chi connectivity index (χ1n) is 11.8. The number of hydrogen-bond donors (Lipinski definition) is 0. The highest BCUT2D eigenvalue weighted by molar-refractivity contribution is 8.19. The molecule has 0 aliphatic carbocycles. The van der Waals surface area contributed by atoms with E-state index in [1.54, 1.807) is 56.5 Å². The van der Waals surface area contributed by atoms with Crippen LogP contribution in [-0.4, -0.2) is 38.0 Å². The normalized spacial score (nSPS) is 16.0. The van der Waals surface area contributed by atoms with Crippen LogP contribution < -0.4 is 9.47 Å². The van der Waals surface area contributed by atoms with E-state index < -0.39 is 10.0 Å². The highest BCUT2D eigenvalue weighted by atomic mass is 32.2. The smallest absolute Gasteiger partial charge is 0.284 e. The van der Waals surface area contributed by atoms with E-state index in [0.717, 1.165) is 34.9 Å². The summed E-state index contributed by atoms with van der Waals surface area (Å²) in [6, 6.07) is 21.8. The second-order valence-corrected chi connectivity index (χ2v) is 10.8. The number of amidine groups is 1. The van der Waals surface area contributed by atoms with Gasteiger partial charge in [-0.2, -0.15) is 8.42 Å². The average molecular weight is 537 g/mol. The molecule has 37 heavy (non-hydrogen) atoms. The first-order valence-corrected chi connectivity index (χ1v) is 14.1. The van der Waals surface area contributed by atoms with Crippen LogP contribution in [0.4, 0.5) is 0 Å². The molecule has 192 valence electrons. The fraction of sp³-hybridized carbons (Fsp3) is 0.214. The maximum absolute atomic E-state index is 13.0. The molecular weight excluding hydrogens is 508 g/mol. The third-order valence-corrected chi connectivity index (χ3v) is 8.16. The highest BCUT2D eigenvalue weighted by Crippen LogP contribution is 2.35. The molecule has 3 aromatic carbocycles. The minimum Gasteiger partial charge on any atom is -0.493 e. The molecule has 0 saturated carbocycles. The van der Waals surface area contributed by atoms with Crippen LogP contribution in [0.25, 0.3) is 6.08 Å². The van der Waals surface area contributed by atoms with Crippen molar-refractivity contribution in [1.82, 2.24) is 4.90 Å². The van der Waals surface area contributed by atoms with E-state index in [1.165, 1.54) is 4.90 Å². The molecule has 1 aliphatic rings. The Labute approximate surface area is 221 Å². The lowest BCUT2D eigenvalue weighted by atomic mass is 10.1. The van der Waals surface area contributed by atoms with Crippen LogP contribution in [0.3, 0.4) is 0 Å². The molecule has 1 amide bonds. The average Bonchev–Trinajstić information content (AvgIpc) is 3.20. The predicted octanol–water partition coefficient (Wildman–Crippen LogP) is 5.52. The Morgan fingerprint density at radius 1 is 0.946 bits per heavy atom. The van der Waals surface area contributed by atoms with Gasteiger partial charge in [0.25, 0.3) is 15.9 Å². The maximum atomic E-state index is 13.0. The van der Waals surface area contributed by atoms with Gasteiger partial charge in [-0.05, 0) is 72.1 Å². The molecule has 1 aliphatic heterocycles. The number of methoxy groups -OCH3 is 1. The van der Waals surface area contributed by atoms with Gasteiger partial charge in [0, 0.05) is 6.54 Å². The van der Waals surface area contributed by atoms with Crippen LogP contribution in [0.5, 0.6) is 11.5 Å². The summed E-state index contributed by atoms with van der Waals surface area (Å²) in [6.45, 7) is 4.47. The number of rotatable bonds is 9. The number of likely N-dealkylation sites (N-methyl/N-ethyl adjacent to an activating group) is 1. The van der Waals surface area contributed by atoms with Gasteiger partial charge in [0.1, 0.15) is 6.61 Å². The van der Waals surface area contributed by atoms with Gasteiger partial charge in [0.15, 0.2) is 16.7 Å². The molecule has 0 unspecified atom stereocenters. The van der Waals surface area contributed by atoms with Crippen LogP contribution in [0, 0.1) is 0 Å². The standard InChI is InChI=1S/C28H28N2O5S2/c1-4-20-11-14-23(15-12-20)37(32,33)29-28-30(5-2)27(31)26(36-28)18-22-13-16-24(25(17-22)34-3)35-19-21-9-7-6-8-10-21/h6-18H,4-5,19H2,1-3H3/b26-18-,29-28?. The Kier molecular flexibility index (Phi) is 8.35. The molecule has 9 heteroatoms. The summed E-state index contributed by atoms with van der Waals surface area (Å²) in [5.74, 6) is 0.808. The van der Waals surface area contributed by atoms with E-state index in [0.29, 0.717) is 29.6 Å². The molecule has 3 aromatic rings. The quantitative estimate of drug-likeness (QED) is 0.335. The van der Waals surface area contributed by atoms with Crippen molar-refractivity contribution in [2.75, 3.05) is 13.7 Å². The molecule has 0 radical (unpaired) electrons. The fourth-order valence-corrected chi connectivity index (χ4v) is 5.93. The Balaban J connectivity index is 1.57. The number of amides is 1. The Morgan fingerprint density at radius 3 is 2.32 bits per heavy atom. The first kappa shape index (κ1) is 26.5. The SMILES string of the molecule is CCc1ccc(S(=O)(=O)N=C2S/C(=C\c3ccc(OCc4ccccc4)c(OC)c3)C(=O)N2CC)cc1. The summed E-state index contributed by atoms with van der Waals surface area (Å²) in [6.07, 6.45) is 2.51. The maximum Gasteiger partial charge on any atom is 0.284 e. The summed E-state index contributed by atoms with van der Waals surface area (Å²) in [5.41, 5.74) is 2.78. The van der Waals surface area contributed by atoms with E-state index in [9.17, 15) is 13.2 Å². The third kappa shape index (κ3) is 6.23. The van der Waals surface area contributed by atoms with Crippen LogP contribution in [-0.2, 0) is 27.8 Å². The number of aryl methyl sites for hydroxylation is 1. The lowest BCUT2D eigenvalue weighted by Gasteiger charge is -2.12. The largest absolute Gasteiger partial charge is 0.493 e. The summed E-state index contributed by atoms with van der Waals surface area (Å²) in [4.78, 5) is 14.9. The first-order chi connectivity index (χ1) is 17.8. The van der Waals surface area contributed by atoms with Crippen molar-refractivity contribution in [3.8, 4) is 11.5 Å². The monoisotopic (exact) mass is 536 g/mol. The second kappa shape index (κ2) is 11.7. The van der Waals surface area contributed by atoms with Crippen molar-refractivity contribution in [3.05, 3.63) is 94.4 Å². The Bertz CT molecular complexity index is 1430. The van der Waals surface area contributed by atoms with E-state index >= 15 is 0 Å². The number of sulfonamides is 1. The molecule has 0 bridgehead atoms. The molecule has 4 rings (SSSR count). The van der Waals surface area contributed by atoms with E-state index in [4.69, 9.17) is 9.47 Å². The number of ether oxygens (including phenoxy) is 2. The van der Waals surface area contributed by atoms with E-state index in [1.807, 2.05) is 43.3 Å². The number of nitrogens with zero attached hydrogens (tertiary/aromatic N) is 2. The molecule has 0 spiro atoms. The van der Waals surface area contributed by atoms with Gasteiger partial charge in [0.2, 0.25) is 0 Å². The lowest BCUT2D eigenvalue weighted by Crippen LogP contribution is -2.29. The van der Waals surface area contributed by atoms with Crippen molar-refractivity contribution in [3.63, 3.8) is 0 Å². The van der Waals surface area contributed by atoms with Gasteiger partial charge in [-0.25, -0.2) is 0 Å². The number of hydrogen-bond acceptors (Lipinski definition) is 6. The zero-order chi connectivity index (χ0) is 26.4. The number of carbonyl (C=O) groups is 1. The Hall–Kier alpha value is -3.56. The van der Waals surface area contributed by atoms with Crippen LogP contribution in [0.1, 0.15) is 30.5 Å². The highest BCUT2D eigenvalue weighted by Gasteiger charge is 2.34. The van der Waals surface area contributed by atoms with Crippen molar-refractivity contribution in [2.24, 2.45) is 4.40 Å². The molecule has 1 fully saturated rings. The molecule has 0 aromatic heterocycles. The molecular formula is C28H28N2O5S2. The van der Waals surface area contributed by atoms with Crippen LogP contribution in [0.15, 0.2) is 87.0 Å². The molecule has 1 heterocycles. The fourth-order valence-electron chi connectivity index (χ4n) is 3.69. The van der Waals surface area contributed by atoms with Crippen molar-refractivity contribution >= 4 is 38.9 Å². The molecule has 7 nitrogen and oxygen atoms in total. The number of carbonyl (C=O) groups excluding carboxylic acids is 1. The summed E-state index contributed by atoms with van der Waals surface area (Å²) in [5, 5.41) is 0.132. The Morgan fingerprint density at radius 2 is 1.68 bits per heavy atom. The van der Waals surface area contributed by atoms with Gasteiger partial charge in [-0.3, -0.25) is 9.69 Å². The number of benzene rings is 3. The molecule has 1 saturated heterocycles. The van der Waals surface area contributed by atoms with Gasteiger partial charge in [-0.15, -0.1) is 4.40 Å². The number of thioether (sulfide) groups is 1. The molecule has 0 N–H and O–H groups in total. The third-order valence-electron chi connectivity index (χ3n) is 5.75. The van der Waals surface area contributed by atoms with E-state index in [2.05, 4.69) is 4.40 Å². The zero-order valence-corrected chi connectivity index (χ0v) is 22.5. The summed E-state index contributed by atoms with van der Waals surface area (Å²) >= 11 is 1.04. The summed E-state index contributed by atoms with van der Waals surface area (Å²) < 4.78 is 41.2. The van der Waals surface area contributed by atoms with E-state index in [-0.39, 0.29) is 16.0 Å². The van der Waals surface area contributed by atoms with Crippen molar-refractivity contribution in [2.45, 2.75) is 31.8 Å². The van der Waals surface area contributed by atoms with Gasteiger partial charge in [0.05, 0.1) is 16.9 Å². The van der Waals surface area contributed by atoms with Crippen LogP contribution >= 0.6 is 11.8 Å². The van der Waals surface area contributed by atoms with Gasteiger partial charge >= 0.3 is 0 Å².